The summed E-state index contributed by atoms with van der Waals surface area (Å²) in [5.74, 6) is -4.57. The number of amides is 1. The molecule has 0 aliphatic carbocycles. The van der Waals surface area contributed by atoms with E-state index in [1.165, 1.54) is 6.07 Å². The average Bonchev–Trinajstić information content (AvgIpc) is 2.71. The topological polar surface area (TPSA) is 200 Å². The largest absolute Gasteiger partial charge is 0.507 e. The number of aromatic carboxylic acids is 1. The molecule has 12 nitrogen and oxygen atoms in total. The number of nitrogens with zero attached hydrogens (tertiary/aromatic N) is 1. The van der Waals surface area contributed by atoms with Crippen molar-refractivity contribution in [2.75, 3.05) is 0 Å². The fraction of sp³-hybridized carbons (Fsp3) is 0.250. The summed E-state index contributed by atoms with van der Waals surface area (Å²) in [6.45, 7) is 2.44. The van der Waals surface area contributed by atoms with Gasteiger partial charge in [-0.15, -0.1) is 0 Å². The number of aromatic hydroxyl groups is 1. The highest BCUT2D eigenvalue weighted by Crippen LogP contribution is 2.21. The highest BCUT2D eigenvalue weighted by molar-refractivity contribution is 7.89. The number of Topliss-reactive ketones (excluding diaryl/α,β-unsaturated/α-hetero) is 1. The third-order valence-electron chi connectivity index (χ3n) is 4.56. The third-order valence-corrected chi connectivity index (χ3v) is 5.96. The minimum Gasteiger partial charge on any atom is -0.507 e. The van der Waals surface area contributed by atoms with E-state index < -0.39 is 57.4 Å². The number of sulfonamides is 1. The molecule has 0 radical (unpaired) electrons. The summed E-state index contributed by atoms with van der Waals surface area (Å²) >= 11 is 0. The molecular weight excluding hydrogens is 458 g/mol. The first-order chi connectivity index (χ1) is 15.3. The minimum absolute atomic E-state index is 0.0420. The SMILES string of the molecule is CC(=O)[C@H](CC(=O)O)NC(=O)c1cnc(CNS(=O)(=O)c2ccc(O)c(C(=O)O)c2)c(C)c1. The van der Waals surface area contributed by atoms with Gasteiger partial charge in [0.25, 0.3) is 5.91 Å². The highest BCUT2D eigenvalue weighted by Gasteiger charge is 2.22. The van der Waals surface area contributed by atoms with Crippen molar-refractivity contribution in [2.45, 2.75) is 37.8 Å². The number of nitrogens with one attached hydrogen (secondary N) is 2. The molecule has 2 rings (SSSR count). The first-order valence-electron chi connectivity index (χ1n) is 9.36. The average molecular weight is 479 g/mol. The molecule has 0 spiro atoms. The molecule has 1 heterocycles. The number of aliphatic carboxylic acids is 1. The monoisotopic (exact) mass is 479 g/mol. The lowest BCUT2D eigenvalue weighted by Gasteiger charge is -2.14. The number of aryl methyl sites for hydroxylation is 1. The highest BCUT2D eigenvalue weighted by atomic mass is 32.2. The van der Waals surface area contributed by atoms with E-state index in [4.69, 9.17) is 10.2 Å². The Morgan fingerprint density at radius 3 is 2.33 bits per heavy atom. The molecule has 1 amide bonds. The second-order valence-electron chi connectivity index (χ2n) is 7.03. The fourth-order valence-electron chi connectivity index (χ4n) is 2.73. The Balaban J connectivity index is 2.15. The lowest BCUT2D eigenvalue weighted by atomic mass is 10.1. The maximum absolute atomic E-state index is 12.5. The molecule has 176 valence electrons. The fourth-order valence-corrected chi connectivity index (χ4v) is 3.74. The predicted molar refractivity (Wildman–Crippen MR) is 112 cm³/mol. The number of hydrogen-bond donors (Lipinski definition) is 5. The van der Waals surface area contributed by atoms with E-state index >= 15 is 0 Å². The number of hydrogen-bond acceptors (Lipinski definition) is 8. The number of rotatable bonds is 10. The first-order valence-corrected chi connectivity index (χ1v) is 10.8. The third kappa shape index (κ3) is 6.57. The minimum atomic E-state index is -4.15. The molecule has 0 bridgehead atoms. The van der Waals surface area contributed by atoms with Crippen LogP contribution in [-0.2, 0) is 26.2 Å². The van der Waals surface area contributed by atoms with Gasteiger partial charge in [0.2, 0.25) is 10.0 Å². The second-order valence-corrected chi connectivity index (χ2v) is 8.80. The van der Waals surface area contributed by atoms with Gasteiger partial charge < -0.3 is 20.6 Å². The van der Waals surface area contributed by atoms with E-state index in [0.29, 0.717) is 5.56 Å². The Bertz CT molecular complexity index is 1230. The zero-order chi connectivity index (χ0) is 24.9. The van der Waals surface area contributed by atoms with E-state index in [-0.39, 0.29) is 22.7 Å². The van der Waals surface area contributed by atoms with Crippen molar-refractivity contribution in [3.63, 3.8) is 0 Å². The number of carboxylic acid groups (broad SMARTS) is 2. The summed E-state index contributed by atoms with van der Waals surface area (Å²) in [6, 6.07) is 3.00. The van der Waals surface area contributed by atoms with E-state index in [2.05, 4.69) is 15.0 Å². The number of phenols is 1. The number of carbonyl (C=O) groups excluding carboxylic acids is 2. The zero-order valence-electron chi connectivity index (χ0n) is 17.5. The maximum Gasteiger partial charge on any atom is 0.339 e. The van der Waals surface area contributed by atoms with E-state index in [1.807, 2.05) is 0 Å². The van der Waals surface area contributed by atoms with Crippen LogP contribution in [0.25, 0.3) is 0 Å². The van der Waals surface area contributed by atoms with Gasteiger partial charge in [-0.1, -0.05) is 0 Å². The summed E-state index contributed by atoms with van der Waals surface area (Å²) in [5.41, 5.74) is 0.163. The van der Waals surface area contributed by atoms with E-state index in [1.54, 1.807) is 6.92 Å². The summed E-state index contributed by atoms with van der Waals surface area (Å²) < 4.78 is 27.2. The van der Waals surface area contributed by atoms with Crippen LogP contribution in [0.2, 0.25) is 0 Å². The molecule has 0 aliphatic heterocycles. The molecule has 13 heteroatoms. The van der Waals surface area contributed by atoms with Gasteiger partial charge in [-0.25, -0.2) is 17.9 Å². The number of benzene rings is 1. The predicted octanol–water partition coefficient (Wildman–Crippen LogP) is 0.434. The van der Waals surface area contributed by atoms with Crippen LogP contribution in [0.3, 0.4) is 0 Å². The van der Waals surface area contributed by atoms with Gasteiger partial charge in [-0.05, 0) is 43.7 Å². The first kappa shape index (κ1) is 25.4. The number of pyridine rings is 1. The van der Waals surface area contributed by atoms with Crippen LogP contribution >= 0.6 is 0 Å². The van der Waals surface area contributed by atoms with Gasteiger partial charge in [0.15, 0.2) is 5.78 Å². The van der Waals surface area contributed by atoms with Crippen LogP contribution < -0.4 is 10.0 Å². The van der Waals surface area contributed by atoms with Crippen molar-refractivity contribution in [1.29, 1.82) is 0 Å². The van der Waals surface area contributed by atoms with Crippen molar-refractivity contribution >= 4 is 33.7 Å². The summed E-state index contributed by atoms with van der Waals surface area (Å²) in [4.78, 5) is 49.5. The summed E-state index contributed by atoms with van der Waals surface area (Å²) in [7, 11) is -4.15. The van der Waals surface area contributed by atoms with Crippen LogP contribution in [0.15, 0.2) is 35.4 Å². The number of aromatic nitrogens is 1. The van der Waals surface area contributed by atoms with Gasteiger partial charge in [0.1, 0.15) is 11.3 Å². The van der Waals surface area contributed by atoms with Gasteiger partial charge in [-0.2, -0.15) is 0 Å². The molecule has 0 fully saturated rings. The molecule has 0 unspecified atom stereocenters. The molecule has 1 atom stereocenters. The van der Waals surface area contributed by atoms with Crippen LogP contribution in [0.4, 0.5) is 0 Å². The van der Waals surface area contributed by atoms with Gasteiger partial charge in [-0.3, -0.25) is 19.4 Å². The molecule has 33 heavy (non-hydrogen) atoms. The molecule has 0 saturated carbocycles. The normalized spacial score (nSPS) is 12.1. The van der Waals surface area contributed by atoms with Crippen molar-refractivity contribution in [1.82, 2.24) is 15.0 Å². The lowest BCUT2D eigenvalue weighted by Crippen LogP contribution is -2.41. The molecule has 5 N–H and O–H groups in total. The Hall–Kier alpha value is -3.84. The summed E-state index contributed by atoms with van der Waals surface area (Å²) in [6.07, 6.45) is 0.571. The molecular formula is C20H21N3O9S. The van der Waals surface area contributed by atoms with Gasteiger partial charge >= 0.3 is 11.9 Å². The van der Waals surface area contributed by atoms with Crippen LogP contribution in [-0.4, -0.2) is 58.4 Å². The Labute approximate surface area is 188 Å². The molecule has 0 saturated heterocycles. The Morgan fingerprint density at radius 2 is 1.79 bits per heavy atom. The van der Waals surface area contributed by atoms with E-state index in [0.717, 1.165) is 31.3 Å². The van der Waals surface area contributed by atoms with Crippen molar-refractivity contribution in [3.8, 4) is 5.75 Å². The maximum atomic E-state index is 12.5. The zero-order valence-corrected chi connectivity index (χ0v) is 18.3. The number of ketones is 1. The standard InChI is InChI=1S/C20H21N3O9S/c1-10-5-12(19(28)23-15(11(2)24)7-18(26)27)8-21-16(10)9-22-33(31,32)13-3-4-17(25)14(6-13)20(29)30/h3-6,8,15,22,25H,7,9H2,1-2H3,(H,23,28)(H,26,27)(H,29,30)/t15-/m0/s1. The molecule has 1 aromatic heterocycles. The lowest BCUT2D eigenvalue weighted by molar-refractivity contribution is -0.139. The molecule has 0 aliphatic rings. The van der Waals surface area contributed by atoms with Crippen LogP contribution in [0.1, 0.15) is 45.3 Å². The van der Waals surface area contributed by atoms with Gasteiger partial charge in [0, 0.05) is 6.20 Å². The number of carbonyl (C=O) groups is 4. The van der Waals surface area contributed by atoms with Crippen LogP contribution in [0.5, 0.6) is 5.75 Å². The quantitative estimate of drug-likeness (QED) is 0.318. The second kappa shape index (κ2) is 10.2. The smallest absolute Gasteiger partial charge is 0.339 e. The van der Waals surface area contributed by atoms with Crippen LogP contribution in [0, 0.1) is 6.92 Å². The van der Waals surface area contributed by atoms with Gasteiger partial charge in [0.05, 0.1) is 35.2 Å². The van der Waals surface area contributed by atoms with E-state index in [9.17, 15) is 32.7 Å². The molecule has 1 aromatic carbocycles. The number of carboxylic acids is 2. The van der Waals surface area contributed by atoms with Crippen molar-refractivity contribution in [2.24, 2.45) is 0 Å². The van der Waals surface area contributed by atoms with Crippen molar-refractivity contribution in [3.05, 3.63) is 52.8 Å². The Morgan fingerprint density at radius 1 is 1.12 bits per heavy atom. The Kier molecular flexibility index (Phi) is 7.85. The van der Waals surface area contributed by atoms with Crippen molar-refractivity contribution < 1.29 is 42.9 Å². The summed E-state index contributed by atoms with van der Waals surface area (Å²) in [5, 5.41) is 29.7. The molecule has 2 aromatic rings.